The van der Waals surface area contributed by atoms with Crippen molar-refractivity contribution >= 4 is 11.8 Å². The van der Waals surface area contributed by atoms with Crippen molar-refractivity contribution in [3.05, 3.63) is 23.6 Å². The molecular weight excluding hydrogens is 418 g/mol. The number of hydrogen-bond donors (Lipinski definition) is 2. The van der Waals surface area contributed by atoms with Gasteiger partial charge in [0.25, 0.3) is 5.91 Å². The molecule has 178 valence electrons. The zero-order valence-electron chi connectivity index (χ0n) is 20.3. The van der Waals surface area contributed by atoms with Crippen LogP contribution in [0.15, 0.2) is 16.8 Å². The number of nitrogens with zero attached hydrogens (tertiary/aromatic N) is 3. The normalized spacial score (nSPS) is 30.8. The number of carbonyl (C=O) groups is 2. The van der Waals surface area contributed by atoms with Crippen molar-refractivity contribution in [2.45, 2.75) is 90.3 Å². The molecule has 3 bridgehead atoms. The van der Waals surface area contributed by atoms with Gasteiger partial charge in [-0.15, -0.1) is 0 Å². The first-order valence-electron chi connectivity index (χ1n) is 12.2. The van der Waals surface area contributed by atoms with Crippen LogP contribution in [0, 0.1) is 24.7 Å². The van der Waals surface area contributed by atoms with E-state index in [1.165, 1.54) is 6.42 Å². The lowest BCUT2D eigenvalue weighted by Gasteiger charge is -2.38. The summed E-state index contributed by atoms with van der Waals surface area (Å²) in [6.07, 6.45) is 8.01. The van der Waals surface area contributed by atoms with E-state index in [0.717, 1.165) is 32.1 Å². The van der Waals surface area contributed by atoms with Crippen molar-refractivity contribution in [1.82, 2.24) is 25.6 Å². The zero-order chi connectivity index (χ0) is 23.5. The van der Waals surface area contributed by atoms with E-state index in [2.05, 4.69) is 41.7 Å². The van der Waals surface area contributed by atoms with Crippen molar-refractivity contribution in [3.63, 3.8) is 0 Å². The lowest BCUT2D eigenvalue weighted by molar-refractivity contribution is -0.121. The molecule has 3 saturated carbocycles. The van der Waals surface area contributed by atoms with E-state index < -0.39 is 0 Å². The second-order valence-corrected chi connectivity index (χ2v) is 11.6. The topological polar surface area (TPSA) is 102 Å². The fourth-order valence-electron chi connectivity index (χ4n) is 6.86. The van der Waals surface area contributed by atoms with Gasteiger partial charge in [0.2, 0.25) is 5.91 Å². The van der Waals surface area contributed by atoms with Gasteiger partial charge in [0.05, 0.1) is 17.3 Å². The molecule has 0 radical (unpaired) electrons. The van der Waals surface area contributed by atoms with Crippen molar-refractivity contribution in [3.8, 4) is 11.4 Å². The molecule has 2 heterocycles. The minimum Gasteiger partial charge on any atom is -0.361 e. The van der Waals surface area contributed by atoms with Crippen LogP contribution in [0.3, 0.4) is 0 Å². The highest BCUT2D eigenvalue weighted by atomic mass is 16.5. The highest BCUT2D eigenvalue weighted by molar-refractivity contribution is 5.99. The maximum absolute atomic E-state index is 13.6. The maximum Gasteiger partial charge on any atom is 0.255 e. The molecule has 2 amide bonds. The van der Waals surface area contributed by atoms with E-state index in [1.807, 2.05) is 17.7 Å². The van der Waals surface area contributed by atoms with E-state index in [4.69, 9.17) is 4.52 Å². The molecule has 8 nitrogen and oxygen atoms in total. The van der Waals surface area contributed by atoms with Crippen LogP contribution in [-0.4, -0.2) is 38.3 Å². The predicted octanol–water partition coefficient (Wildman–Crippen LogP) is 3.80. The Balaban J connectivity index is 1.43. The fourth-order valence-corrected chi connectivity index (χ4v) is 6.86. The summed E-state index contributed by atoms with van der Waals surface area (Å²) in [6.45, 7) is 9.63. The monoisotopic (exact) mass is 453 g/mol. The number of aromatic nitrogens is 3. The summed E-state index contributed by atoms with van der Waals surface area (Å²) >= 11 is 0. The first-order valence-corrected chi connectivity index (χ1v) is 12.2. The van der Waals surface area contributed by atoms with E-state index in [0.29, 0.717) is 40.5 Å². The molecule has 3 fully saturated rings. The fraction of sp³-hybridized carbons (Fsp3) is 0.680. The smallest absolute Gasteiger partial charge is 0.255 e. The molecule has 0 aliphatic heterocycles. The van der Waals surface area contributed by atoms with Crippen LogP contribution in [0.5, 0.6) is 0 Å². The summed E-state index contributed by atoms with van der Waals surface area (Å²) in [5, 5.41) is 15.4. The van der Waals surface area contributed by atoms with Crippen LogP contribution in [0.2, 0.25) is 0 Å². The third kappa shape index (κ3) is 3.97. The van der Waals surface area contributed by atoms with E-state index in [-0.39, 0.29) is 28.9 Å². The molecule has 2 aromatic heterocycles. The van der Waals surface area contributed by atoms with E-state index in [1.54, 1.807) is 13.1 Å². The first-order chi connectivity index (χ1) is 15.5. The molecule has 3 aliphatic carbocycles. The lowest BCUT2D eigenvalue weighted by atomic mass is 9.75. The number of carbonyl (C=O) groups excluding carboxylic acids is 2. The number of fused-ring (bicyclic) bond motifs is 2. The summed E-state index contributed by atoms with van der Waals surface area (Å²) < 4.78 is 7.17. The summed E-state index contributed by atoms with van der Waals surface area (Å²) in [7, 11) is 0. The Morgan fingerprint density at radius 2 is 2.00 bits per heavy atom. The molecule has 33 heavy (non-hydrogen) atoms. The standard InChI is InChI=1S/C25H35N5O3/c1-14-8-21(29-33-14)22-19(13-26-30(22)24(3,4)5)23(32)27-20-7-6-16-9-17-11-25(10-16,12-18(17)20)28-15(2)31/h8,13,16-18,20H,6-7,9-12H2,1-5H3,(H,27,32)(H,28,31). The van der Waals surface area contributed by atoms with Gasteiger partial charge in [0.15, 0.2) is 0 Å². The van der Waals surface area contributed by atoms with Gasteiger partial charge in [-0.25, -0.2) is 0 Å². The molecule has 2 N–H and O–H groups in total. The van der Waals surface area contributed by atoms with Crippen molar-refractivity contribution in [2.24, 2.45) is 17.8 Å². The summed E-state index contributed by atoms with van der Waals surface area (Å²) in [5.41, 5.74) is 1.43. The van der Waals surface area contributed by atoms with Crippen molar-refractivity contribution in [2.75, 3.05) is 0 Å². The predicted molar refractivity (Wildman–Crippen MR) is 123 cm³/mol. The van der Waals surface area contributed by atoms with Gasteiger partial charge < -0.3 is 15.2 Å². The van der Waals surface area contributed by atoms with Crippen LogP contribution >= 0.6 is 0 Å². The number of nitrogens with one attached hydrogen (secondary N) is 2. The van der Waals surface area contributed by atoms with Crippen molar-refractivity contribution < 1.29 is 14.1 Å². The summed E-state index contributed by atoms with van der Waals surface area (Å²) in [5.74, 6) is 2.21. The van der Waals surface area contributed by atoms with Crippen LogP contribution in [0.4, 0.5) is 0 Å². The minimum atomic E-state index is -0.314. The largest absolute Gasteiger partial charge is 0.361 e. The molecule has 2 aromatic rings. The average Bonchev–Trinajstić information content (AvgIpc) is 3.37. The van der Waals surface area contributed by atoms with Crippen LogP contribution < -0.4 is 10.6 Å². The molecule has 3 aliphatic rings. The molecule has 5 atom stereocenters. The Hall–Kier alpha value is -2.64. The number of aryl methyl sites for hydroxylation is 1. The second-order valence-electron chi connectivity index (χ2n) is 11.6. The van der Waals surface area contributed by atoms with Gasteiger partial charge in [0.1, 0.15) is 17.1 Å². The van der Waals surface area contributed by atoms with E-state index >= 15 is 0 Å². The Labute approximate surface area is 194 Å². The molecular formula is C25H35N5O3. The third-order valence-electron chi connectivity index (χ3n) is 7.88. The average molecular weight is 454 g/mol. The maximum atomic E-state index is 13.6. The van der Waals surface area contributed by atoms with Crippen LogP contribution in [-0.2, 0) is 10.3 Å². The second kappa shape index (κ2) is 7.71. The Bertz CT molecular complexity index is 1080. The molecule has 8 heteroatoms. The number of rotatable bonds is 4. The molecule has 0 spiro atoms. The van der Waals surface area contributed by atoms with Gasteiger partial charge in [-0.1, -0.05) is 5.16 Å². The molecule has 0 saturated heterocycles. The lowest BCUT2D eigenvalue weighted by Crippen LogP contribution is -2.50. The summed E-state index contributed by atoms with van der Waals surface area (Å²) in [4.78, 5) is 25.5. The SMILES string of the molecule is CC(=O)NC12CC3CCC(NC(=O)c4cnn(C(C)(C)C)c4-c4cc(C)on4)C(C1)C(C3)C2. The van der Waals surface area contributed by atoms with Crippen LogP contribution in [0.25, 0.3) is 11.4 Å². The quantitative estimate of drug-likeness (QED) is 0.733. The zero-order valence-corrected chi connectivity index (χ0v) is 20.3. The molecule has 5 rings (SSSR count). The van der Waals surface area contributed by atoms with Gasteiger partial charge in [0, 0.05) is 24.6 Å². The van der Waals surface area contributed by atoms with Gasteiger partial charge >= 0.3 is 0 Å². The van der Waals surface area contributed by atoms with Gasteiger partial charge in [-0.3, -0.25) is 14.3 Å². The molecule has 0 aromatic carbocycles. The number of hydrogen-bond acceptors (Lipinski definition) is 5. The van der Waals surface area contributed by atoms with Crippen LogP contribution in [0.1, 0.15) is 82.3 Å². The van der Waals surface area contributed by atoms with Crippen molar-refractivity contribution in [1.29, 1.82) is 0 Å². The number of amides is 2. The molecule has 5 unspecified atom stereocenters. The first kappa shape index (κ1) is 22.2. The minimum absolute atomic E-state index is 0.0540. The third-order valence-corrected chi connectivity index (χ3v) is 7.88. The van der Waals surface area contributed by atoms with E-state index in [9.17, 15) is 9.59 Å². The Kier molecular flexibility index (Phi) is 5.18. The van der Waals surface area contributed by atoms with Gasteiger partial charge in [-0.05, 0) is 84.0 Å². The summed E-state index contributed by atoms with van der Waals surface area (Å²) in [6, 6.07) is 1.95. The van der Waals surface area contributed by atoms with Gasteiger partial charge in [-0.2, -0.15) is 5.10 Å². The highest BCUT2D eigenvalue weighted by Crippen LogP contribution is 2.55. The highest BCUT2D eigenvalue weighted by Gasteiger charge is 2.54. The Morgan fingerprint density at radius 3 is 2.67 bits per heavy atom. The Morgan fingerprint density at radius 1 is 1.21 bits per heavy atom.